The molecule has 2 aliphatic heterocycles. The van der Waals surface area contributed by atoms with Gasteiger partial charge in [0.2, 0.25) is 0 Å². The monoisotopic (exact) mass is 338 g/mol. The maximum atomic E-state index is 5.51. The molecule has 24 heavy (non-hydrogen) atoms. The summed E-state index contributed by atoms with van der Waals surface area (Å²) in [7, 11) is 2.15. The Kier molecular flexibility index (Phi) is 7.35. The predicted octanol–water partition coefficient (Wildman–Crippen LogP) is 2.43. The molecule has 2 atom stereocenters. The second-order valence-electron chi connectivity index (χ2n) is 8.29. The average Bonchev–Trinajstić information content (AvgIpc) is 3.04. The first-order valence-corrected chi connectivity index (χ1v) is 9.74. The van der Waals surface area contributed by atoms with Crippen molar-refractivity contribution in [3.05, 3.63) is 0 Å². The van der Waals surface area contributed by atoms with Crippen LogP contribution in [0.2, 0.25) is 0 Å². The number of nitrogens with one attached hydrogen (secondary N) is 1. The van der Waals surface area contributed by atoms with Gasteiger partial charge in [-0.25, -0.2) is 0 Å². The van der Waals surface area contributed by atoms with Crippen molar-refractivity contribution in [1.82, 2.24) is 15.1 Å². The summed E-state index contributed by atoms with van der Waals surface area (Å²) in [4.78, 5) is 9.88. The second kappa shape index (κ2) is 9.04. The average molecular weight is 339 g/mol. The first-order chi connectivity index (χ1) is 11.4. The summed E-state index contributed by atoms with van der Waals surface area (Å²) in [6, 6.07) is 0. The smallest absolute Gasteiger partial charge is 0.193 e. The van der Waals surface area contributed by atoms with Crippen LogP contribution in [0.3, 0.4) is 0 Å². The lowest BCUT2D eigenvalue weighted by atomic mass is 9.94. The molecule has 2 saturated heterocycles. The van der Waals surface area contributed by atoms with Gasteiger partial charge in [-0.05, 0) is 52.5 Å². The van der Waals surface area contributed by atoms with Gasteiger partial charge in [0, 0.05) is 44.7 Å². The number of aliphatic imine (C=N–C) groups is 1. The van der Waals surface area contributed by atoms with E-state index in [9.17, 15) is 0 Å². The molecule has 0 aromatic heterocycles. The van der Waals surface area contributed by atoms with Crippen molar-refractivity contribution in [1.29, 1.82) is 0 Å². The van der Waals surface area contributed by atoms with Crippen LogP contribution in [0.4, 0.5) is 0 Å². The Morgan fingerprint density at radius 2 is 2.17 bits per heavy atom. The van der Waals surface area contributed by atoms with E-state index in [0.717, 1.165) is 44.7 Å². The summed E-state index contributed by atoms with van der Waals surface area (Å²) in [5, 5.41) is 3.46. The van der Waals surface area contributed by atoms with Gasteiger partial charge in [-0.3, -0.25) is 9.89 Å². The van der Waals surface area contributed by atoms with Crippen molar-refractivity contribution < 1.29 is 4.74 Å². The molecule has 2 heterocycles. The summed E-state index contributed by atoms with van der Waals surface area (Å²) in [5.74, 6) is 2.47. The maximum absolute atomic E-state index is 5.51. The van der Waals surface area contributed by atoms with Crippen LogP contribution >= 0.6 is 0 Å². The van der Waals surface area contributed by atoms with Crippen molar-refractivity contribution in [2.75, 3.05) is 53.0 Å². The van der Waals surface area contributed by atoms with Crippen LogP contribution in [0.5, 0.6) is 0 Å². The summed E-state index contributed by atoms with van der Waals surface area (Å²) >= 11 is 0. The molecule has 5 heteroatoms. The van der Waals surface area contributed by atoms with Crippen LogP contribution < -0.4 is 5.32 Å². The molecule has 0 bridgehead atoms. The highest BCUT2D eigenvalue weighted by Crippen LogP contribution is 2.24. The molecule has 0 aromatic rings. The highest BCUT2D eigenvalue weighted by Gasteiger charge is 2.30. The van der Waals surface area contributed by atoms with E-state index in [2.05, 4.69) is 49.9 Å². The molecule has 0 spiro atoms. The largest absolute Gasteiger partial charge is 0.381 e. The first-order valence-electron chi connectivity index (χ1n) is 9.74. The third-order valence-electron chi connectivity index (χ3n) is 5.38. The number of rotatable bonds is 6. The van der Waals surface area contributed by atoms with Gasteiger partial charge in [0.05, 0.1) is 13.2 Å². The minimum absolute atomic E-state index is 0.118. The van der Waals surface area contributed by atoms with Gasteiger partial charge in [0.1, 0.15) is 0 Å². The molecule has 2 aliphatic rings. The molecule has 2 unspecified atom stereocenters. The fourth-order valence-corrected chi connectivity index (χ4v) is 3.78. The summed E-state index contributed by atoms with van der Waals surface area (Å²) < 4.78 is 5.51. The normalized spacial score (nSPS) is 26.6. The Morgan fingerprint density at radius 1 is 1.38 bits per heavy atom. The fourth-order valence-electron chi connectivity index (χ4n) is 3.78. The molecular formula is C19H38N4O. The lowest BCUT2D eigenvalue weighted by Crippen LogP contribution is -2.51. The third kappa shape index (κ3) is 5.62. The van der Waals surface area contributed by atoms with Crippen LogP contribution in [-0.4, -0.2) is 74.3 Å². The zero-order valence-corrected chi connectivity index (χ0v) is 16.5. The second-order valence-corrected chi connectivity index (χ2v) is 8.29. The Bertz CT molecular complexity index is 404. The quantitative estimate of drug-likeness (QED) is 0.596. The molecule has 0 radical (unpaired) electrons. The number of hydrogen-bond acceptors (Lipinski definition) is 3. The molecule has 2 fully saturated rings. The molecule has 5 nitrogen and oxygen atoms in total. The fraction of sp³-hybridized carbons (Fsp3) is 0.947. The molecular weight excluding hydrogens is 300 g/mol. The van der Waals surface area contributed by atoms with Crippen LogP contribution in [0.25, 0.3) is 0 Å². The Morgan fingerprint density at radius 3 is 2.79 bits per heavy atom. The number of likely N-dealkylation sites (tertiary alicyclic amines) is 1. The lowest BCUT2D eigenvalue weighted by Gasteiger charge is -2.42. The van der Waals surface area contributed by atoms with E-state index < -0.39 is 0 Å². The maximum Gasteiger partial charge on any atom is 0.193 e. The summed E-state index contributed by atoms with van der Waals surface area (Å²) in [6.45, 7) is 16.2. The molecule has 0 aromatic carbocycles. The SMILES string of the molecule is CCNC(=NCC(C)(C)N1CCCC(C)C1)N(C)CC1CCOC1. The Labute approximate surface area is 148 Å². The molecule has 0 amide bonds. The van der Waals surface area contributed by atoms with Gasteiger partial charge in [0.15, 0.2) is 5.96 Å². The van der Waals surface area contributed by atoms with Crippen LogP contribution in [0.1, 0.15) is 47.0 Å². The van der Waals surface area contributed by atoms with Crippen molar-refractivity contribution in [3.8, 4) is 0 Å². The Hall–Kier alpha value is -0.810. The molecule has 1 N–H and O–H groups in total. The molecule has 140 valence electrons. The van der Waals surface area contributed by atoms with Crippen molar-refractivity contribution >= 4 is 5.96 Å². The predicted molar refractivity (Wildman–Crippen MR) is 102 cm³/mol. The number of piperidine rings is 1. The van der Waals surface area contributed by atoms with Gasteiger partial charge in [-0.2, -0.15) is 0 Å². The van der Waals surface area contributed by atoms with Gasteiger partial charge in [-0.15, -0.1) is 0 Å². The van der Waals surface area contributed by atoms with E-state index in [1.54, 1.807) is 0 Å². The zero-order chi connectivity index (χ0) is 17.6. The van der Waals surface area contributed by atoms with Gasteiger partial charge >= 0.3 is 0 Å². The van der Waals surface area contributed by atoms with Crippen molar-refractivity contribution in [3.63, 3.8) is 0 Å². The molecule has 0 aliphatic carbocycles. The van der Waals surface area contributed by atoms with Crippen LogP contribution in [-0.2, 0) is 4.74 Å². The van der Waals surface area contributed by atoms with Gasteiger partial charge in [-0.1, -0.05) is 6.92 Å². The van der Waals surface area contributed by atoms with Crippen molar-refractivity contribution in [2.24, 2.45) is 16.8 Å². The number of nitrogens with zero attached hydrogens (tertiary/aromatic N) is 3. The van der Waals surface area contributed by atoms with Gasteiger partial charge < -0.3 is 15.0 Å². The molecule has 2 rings (SSSR count). The summed E-state index contributed by atoms with van der Waals surface area (Å²) in [5.41, 5.74) is 0.118. The highest BCUT2D eigenvalue weighted by atomic mass is 16.5. The zero-order valence-electron chi connectivity index (χ0n) is 16.5. The standard InChI is InChI=1S/C19H38N4O/c1-6-20-18(22(5)13-17-9-11-24-14-17)21-15-19(3,4)23-10-7-8-16(2)12-23/h16-17H,6-15H2,1-5H3,(H,20,21). The van der Waals surface area contributed by atoms with Crippen LogP contribution in [0.15, 0.2) is 4.99 Å². The van der Waals surface area contributed by atoms with E-state index in [1.165, 1.54) is 32.4 Å². The minimum atomic E-state index is 0.118. The highest BCUT2D eigenvalue weighted by molar-refractivity contribution is 5.79. The van der Waals surface area contributed by atoms with E-state index in [-0.39, 0.29) is 5.54 Å². The lowest BCUT2D eigenvalue weighted by molar-refractivity contribution is 0.0773. The summed E-state index contributed by atoms with van der Waals surface area (Å²) in [6.07, 6.45) is 3.85. The third-order valence-corrected chi connectivity index (χ3v) is 5.38. The number of ether oxygens (including phenoxy) is 1. The number of guanidine groups is 1. The van der Waals surface area contributed by atoms with Crippen LogP contribution in [0, 0.1) is 11.8 Å². The van der Waals surface area contributed by atoms with Gasteiger partial charge in [0.25, 0.3) is 0 Å². The van der Waals surface area contributed by atoms with Crippen molar-refractivity contribution in [2.45, 2.75) is 52.5 Å². The first kappa shape index (κ1) is 19.5. The Balaban J connectivity index is 1.95. The minimum Gasteiger partial charge on any atom is -0.381 e. The number of hydrogen-bond donors (Lipinski definition) is 1. The van der Waals surface area contributed by atoms with E-state index in [1.807, 2.05) is 0 Å². The van der Waals surface area contributed by atoms with E-state index in [4.69, 9.17) is 9.73 Å². The van der Waals surface area contributed by atoms with E-state index >= 15 is 0 Å². The topological polar surface area (TPSA) is 40.1 Å². The molecule has 0 saturated carbocycles. The van der Waals surface area contributed by atoms with E-state index in [0.29, 0.717) is 5.92 Å².